The largest absolute Gasteiger partial charge is 0.466 e. The summed E-state index contributed by atoms with van der Waals surface area (Å²) in [7, 11) is 0. The van der Waals surface area contributed by atoms with Gasteiger partial charge in [0.1, 0.15) is 0 Å². The third kappa shape index (κ3) is 80.7. The van der Waals surface area contributed by atoms with E-state index in [4.69, 9.17) is 4.74 Å². The van der Waals surface area contributed by atoms with Crippen molar-refractivity contribution >= 4 is 11.9 Å². The first-order valence-corrected chi connectivity index (χ1v) is 43.4. The number of nitrogens with one attached hydrogen (secondary N) is 1. The van der Waals surface area contributed by atoms with Crippen molar-refractivity contribution in [2.45, 2.75) is 495 Å². The molecule has 2 unspecified atom stereocenters. The number of aliphatic hydroxyl groups excluding tert-OH is 2. The molecule has 0 aromatic rings. The number of hydrogen-bond acceptors (Lipinski definition) is 5. The molecular formula is C89H169NO5. The summed E-state index contributed by atoms with van der Waals surface area (Å²) < 4.78 is 5.51. The molecule has 0 saturated heterocycles. The maximum Gasteiger partial charge on any atom is 0.305 e. The second-order valence-corrected chi connectivity index (χ2v) is 29.9. The van der Waals surface area contributed by atoms with Crippen molar-refractivity contribution in [3.05, 3.63) is 48.6 Å². The van der Waals surface area contributed by atoms with Gasteiger partial charge in [-0.2, -0.15) is 0 Å². The summed E-state index contributed by atoms with van der Waals surface area (Å²) in [5, 5.41) is 23.3. The quantitative estimate of drug-likeness (QED) is 0.0320. The van der Waals surface area contributed by atoms with Gasteiger partial charge >= 0.3 is 5.97 Å². The number of rotatable bonds is 82. The van der Waals surface area contributed by atoms with Crippen LogP contribution in [0.4, 0.5) is 0 Å². The summed E-state index contributed by atoms with van der Waals surface area (Å²) in [6.45, 7) is 4.95. The van der Waals surface area contributed by atoms with Crippen molar-refractivity contribution in [1.82, 2.24) is 5.32 Å². The first-order valence-electron chi connectivity index (χ1n) is 43.4. The van der Waals surface area contributed by atoms with Gasteiger partial charge in [-0.25, -0.2) is 0 Å². The number of carbonyl (C=O) groups excluding carboxylic acids is 2. The van der Waals surface area contributed by atoms with Crippen LogP contribution in [0.15, 0.2) is 48.6 Å². The number of hydrogen-bond donors (Lipinski definition) is 3. The Kier molecular flexibility index (Phi) is 82.3. The normalized spacial score (nSPS) is 12.7. The lowest BCUT2D eigenvalue weighted by Gasteiger charge is -2.20. The molecule has 3 N–H and O–H groups in total. The van der Waals surface area contributed by atoms with E-state index in [9.17, 15) is 19.8 Å². The third-order valence-electron chi connectivity index (χ3n) is 20.3. The topological polar surface area (TPSA) is 95.9 Å². The van der Waals surface area contributed by atoms with Gasteiger partial charge in [-0.1, -0.05) is 428 Å². The Hall–Kier alpha value is -2.18. The molecule has 0 radical (unpaired) electrons. The maximum atomic E-state index is 12.6. The van der Waals surface area contributed by atoms with Crippen LogP contribution >= 0.6 is 0 Å². The molecule has 0 aromatic carbocycles. The predicted molar refractivity (Wildman–Crippen MR) is 421 cm³/mol. The van der Waals surface area contributed by atoms with Gasteiger partial charge in [0.25, 0.3) is 0 Å². The molecule has 0 aliphatic heterocycles. The molecule has 2 atom stereocenters. The second kappa shape index (κ2) is 84.2. The number of amides is 1. The van der Waals surface area contributed by atoms with Crippen LogP contribution in [0.3, 0.4) is 0 Å². The van der Waals surface area contributed by atoms with E-state index in [1.807, 2.05) is 6.08 Å². The third-order valence-corrected chi connectivity index (χ3v) is 20.3. The highest BCUT2D eigenvalue weighted by molar-refractivity contribution is 5.76. The Morgan fingerprint density at radius 1 is 0.295 bits per heavy atom. The fourth-order valence-electron chi connectivity index (χ4n) is 13.7. The van der Waals surface area contributed by atoms with Crippen LogP contribution in [0.25, 0.3) is 0 Å². The number of unbranched alkanes of at least 4 members (excludes halogenated alkanes) is 65. The molecule has 95 heavy (non-hydrogen) atoms. The van der Waals surface area contributed by atoms with Crippen molar-refractivity contribution in [3.63, 3.8) is 0 Å². The Balaban J connectivity index is 3.39. The van der Waals surface area contributed by atoms with Crippen molar-refractivity contribution in [2.75, 3.05) is 13.2 Å². The molecule has 0 aliphatic carbocycles. The fourth-order valence-corrected chi connectivity index (χ4v) is 13.7. The zero-order valence-electron chi connectivity index (χ0n) is 64.4. The van der Waals surface area contributed by atoms with Crippen LogP contribution in [0.1, 0.15) is 483 Å². The highest BCUT2D eigenvalue weighted by Gasteiger charge is 2.18. The predicted octanol–water partition coefficient (Wildman–Crippen LogP) is 29.1. The van der Waals surface area contributed by atoms with E-state index < -0.39 is 12.1 Å². The minimum absolute atomic E-state index is 0.0145. The SMILES string of the molecule is CCCCCCCCC/C=C\CCCCCCCCCC(=O)OCCCCCCCCCCCCC/C=C\C/C=C\CCCCCCCCCCCCCCCCCCCC(=O)NC(CO)C(O)/C=C/CCCCCCCCCCCCCCCCCCCCCCCCC. The van der Waals surface area contributed by atoms with E-state index in [-0.39, 0.29) is 18.5 Å². The van der Waals surface area contributed by atoms with E-state index in [2.05, 4.69) is 55.6 Å². The van der Waals surface area contributed by atoms with E-state index in [0.29, 0.717) is 19.4 Å². The molecule has 6 heteroatoms. The Morgan fingerprint density at radius 3 is 0.811 bits per heavy atom. The van der Waals surface area contributed by atoms with E-state index in [0.717, 1.165) is 51.4 Å². The highest BCUT2D eigenvalue weighted by atomic mass is 16.5. The van der Waals surface area contributed by atoms with Crippen molar-refractivity contribution in [3.8, 4) is 0 Å². The minimum atomic E-state index is -0.845. The van der Waals surface area contributed by atoms with Gasteiger partial charge in [-0.05, 0) is 89.9 Å². The van der Waals surface area contributed by atoms with Crippen molar-refractivity contribution < 1.29 is 24.5 Å². The Morgan fingerprint density at radius 2 is 0.526 bits per heavy atom. The maximum absolute atomic E-state index is 12.6. The average Bonchev–Trinajstić information content (AvgIpc) is 3.31. The molecule has 0 saturated carbocycles. The molecule has 0 bridgehead atoms. The molecular weight excluding hydrogens is 1160 g/mol. The Labute approximate surface area is 595 Å². The lowest BCUT2D eigenvalue weighted by atomic mass is 10.0. The molecule has 0 fully saturated rings. The summed E-state index contributed by atoms with van der Waals surface area (Å²) in [5.74, 6) is -0.0460. The molecule has 0 rings (SSSR count). The van der Waals surface area contributed by atoms with Gasteiger partial charge in [0.2, 0.25) is 5.91 Å². The van der Waals surface area contributed by atoms with Crippen LogP contribution in [-0.2, 0) is 14.3 Å². The van der Waals surface area contributed by atoms with Crippen LogP contribution < -0.4 is 5.32 Å². The van der Waals surface area contributed by atoms with Gasteiger partial charge in [0.15, 0.2) is 0 Å². The number of esters is 1. The molecule has 1 amide bonds. The van der Waals surface area contributed by atoms with E-state index >= 15 is 0 Å². The number of carbonyl (C=O) groups is 2. The molecule has 0 aliphatic rings. The van der Waals surface area contributed by atoms with Gasteiger partial charge in [-0.15, -0.1) is 0 Å². The number of aliphatic hydroxyl groups is 2. The summed E-state index contributed by atoms with van der Waals surface area (Å²) in [4.78, 5) is 24.7. The summed E-state index contributed by atoms with van der Waals surface area (Å²) >= 11 is 0. The van der Waals surface area contributed by atoms with E-state index in [1.165, 1.54) is 405 Å². The van der Waals surface area contributed by atoms with E-state index in [1.54, 1.807) is 6.08 Å². The monoisotopic (exact) mass is 1330 g/mol. The molecule has 0 spiro atoms. The lowest BCUT2D eigenvalue weighted by Crippen LogP contribution is -2.45. The first kappa shape index (κ1) is 92.8. The molecule has 0 aromatic heterocycles. The molecule has 6 nitrogen and oxygen atoms in total. The van der Waals surface area contributed by atoms with Crippen LogP contribution in [0, 0.1) is 0 Å². The van der Waals surface area contributed by atoms with Gasteiger partial charge < -0.3 is 20.3 Å². The minimum Gasteiger partial charge on any atom is -0.466 e. The van der Waals surface area contributed by atoms with Gasteiger partial charge in [0.05, 0.1) is 25.4 Å². The van der Waals surface area contributed by atoms with Crippen molar-refractivity contribution in [1.29, 1.82) is 0 Å². The van der Waals surface area contributed by atoms with Crippen LogP contribution in [0.5, 0.6) is 0 Å². The highest BCUT2D eigenvalue weighted by Crippen LogP contribution is 2.20. The summed E-state index contributed by atoms with van der Waals surface area (Å²) in [6.07, 6.45) is 113. The van der Waals surface area contributed by atoms with Crippen molar-refractivity contribution in [2.24, 2.45) is 0 Å². The molecule has 560 valence electrons. The number of allylic oxidation sites excluding steroid dienone is 7. The molecule has 0 heterocycles. The van der Waals surface area contributed by atoms with Crippen LogP contribution in [-0.4, -0.2) is 47.4 Å². The fraction of sp³-hybridized carbons (Fsp3) is 0.888. The zero-order valence-corrected chi connectivity index (χ0v) is 64.4. The zero-order chi connectivity index (χ0) is 68.4. The summed E-state index contributed by atoms with van der Waals surface area (Å²) in [5.41, 5.74) is 0. The lowest BCUT2D eigenvalue weighted by molar-refractivity contribution is -0.143. The first-order chi connectivity index (χ1) is 47.0. The standard InChI is InChI=1S/C89H169NO5/c1-3-5-7-9-11-13-15-17-19-21-23-24-25-37-40-43-46-49-53-57-61-65-69-73-77-81-87(92)86(85-91)90-88(93)82-78-74-70-66-62-58-54-50-47-44-41-38-35-33-31-29-27-26-28-30-32-34-36-39-42-45-48-52-56-60-64-68-72-76-80-84-95-89(94)83-79-75-71-67-63-59-55-51-22-20-18-16-14-12-10-8-6-4-2/h20,22,28,30,34,36,77,81,86-87,91-92H,3-19,21,23-27,29,31-33,35,37-76,78-80,82-85H2,1-2H3,(H,90,93)/b22-20-,30-28-,36-34-,81-77+. The van der Waals surface area contributed by atoms with Gasteiger partial charge in [0, 0.05) is 12.8 Å². The smallest absolute Gasteiger partial charge is 0.305 e. The second-order valence-electron chi connectivity index (χ2n) is 29.9. The summed E-state index contributed by atoms with van der Waals surface area (Å²) in [6, 6.07) is -0.629. The Bertz CT molecular complexity index is 1590. The average molecular weight is 1330 g/mol. The van der Waals surface area contributed by atoms with Crippen LogP contribution in [0.2, 0.25) is 0 Å². The van der Waals surface area contributed by atoms with Gasteiger partial charge in [-0.3, -0.25) is 9.59 Å². The number of ether oxygens (including phenoxy) is 1.